The first-order valence-electron chi connectivity index (χ1n) is 19.1. The Morgan fingerprint density at radius 2 is 1.07 bits per heavy atom. The molecule has 2 fully saturated rings. The van der Waals surface area contributed by atoms with Crippen LogP contribution in [0.1, 0.15) is 39.5 Å². The fourth-order valence-corrected chi connectivity index (χ4v) is 7.66. The second-order valence-electron chi connectivity index (χ2n) is 14.4. The van der Waals surface area contributed by atoms with Crippen LogP contribution in [0.15, 0.2) is 122 Å². The van der Waals surface area contributed by atoms with Crippen LogP contribution in [-0.4, -0.2) is 80.0 Å². The highest BCUT2D eigenvalue weighted by molar-refractivity contribution is 14.1. The van der Waals surface area contributed by atoms with Crippen LogP contribution in [0, 0.1) is 33.2 Å². The van der Waals surface area contributed by atoms with E-state index >= 15 is 0 Å². The zero-order valence-corrected chi connectivity index (χ0v) is 34.4. The fraction of sp³-hybridized carbons (Fsp3) is 0.244. The van der Waals surface area contributed by atoms with Gasteiger partial charge in [-0.25, -0.2) is 9.97 Å². The molecule has 2 aromatic heterocycles. The lowest BCUT2D eigenvalue weighted by Gasteiger charge is -2.34. The first kappa shape index (κ1) is 40.1. The summed E-state index contributed by atoms with van der Waals surface area (Å²) in [6, 6.07) is 35.6. The van der Waals surface area contributed by atoms with Gasteiger partial charge in [0.1, 0.15) is 11.6 Å². The highest BCUT2D eigenvalue weighted by Gasteiger charge is 2.27. The van der Waals surface area contributed by atoms with E-state index in [1.54, 1.807) is 12.4 Å². The van der Waals surface area contributed by atoms with Crippen LogP contribution in [0.2, 0.25) is 0 Å². The van der Waals surface area contributed by atoms with Gasteiger partial charge in [-0.1, -0.05) is 42.5 Å². The molecule has 0 atom stereocenters. The molecule has 0 aliphatic carbocycles. The topological polar surface area (TPSA) is 130 Å². The van der Waals surface area contributed by atoms with Gasteiger partial charge in [-0.15, -0.1) is 0 Å². The Bertz CT molecular complexity index is 2270. The minimum absolute atomic E-state index is 0.114. The molecule has 4 aromatic carbocycles. The van der Waals surface area contributed by atoms with Crippen molar-refractivity contribution in [3.63, 3.8) is 0 Å². The van der Waals surface area contributed by atoms with Crippen molar-refractivity contribution in [2.45, 2.75) is 33.1 Å². The maximum absolute atomic E-state index is 12.7. The predicted molar refractivity (Wildman–Crippen MR) is 231 cm³/mol. The average molecular weight is 883 g/mol. The third-order valence-electron chi connectivity index (χ3n) is 10.2. The van der Waals surface area contributed by atoms with Crippen molar-refractivity contribution in [2.24, 2.45) is 0 Å². The molecule has 12 nitrogen and oxygen atoms in total. The molecule has 0 N–H and O–H groups in total. The number of anilines is 2. The van der Waals surface area contributed by atoms with E-state index in [9.17, 15) is 9.59 Å². The molecule has 0 bridgehead atoms. The lowest BCUT2D eigenvalue weighted by molar-refractivity contribution is -0.122. The van der Waals surface area contributed by atoms with Crippen LogP contribution in [0.25, 0.3) is 0 Å². The van der Waals surface area contributed by atoms with Gasteiger partial charge >= 0.3 is 0 Å². The van der Waals surface area contributed by atoms with Crippen molar-refractivity contribution in [3.05, 3.63) is 165 Å². The van der Waals surface area contributed by atoms with Crippen molar-refractivity contribution in [1.29, 1.82) is 10.5 Å². The minimum Gasteiger partial charge on any atom is -0.329 e. The Morgan fingerprint density at radius 3 is 1.50 bits per heavy atom. The smallest absolute Gasteiger partial charge is 0.241 e. The van der Waals surface area contributed by atoms with Crippen molar-refractivity contribution in [1.82, 2.24) is 28.9 Å². The number of nitrogens with zero attached hydrogens (tertiary/aromatic N) is 10. The number of hydrogen-bond donors (Lipinski definition) is 0. The van der Waals surface area contributed by atoms with Crippen molar-refractivity contribution >= 4 is 45.8 Å². The SMILES string of the molecule is Cc1cccc(N2CCN(Cc3nccn3Cc3ccc(C#N)cc3)CC2=O)c1.N#Cc1ccc(Cn2ccnc2CN2CCN(c3cccc(I)c3)C(=O)C2)cc1. The zero-order chi connectivity index (χ0) is 40.4. The van der Waals surface area contributed by atoms with E-state index in [-0.39, 0.29) is 11.8 Å². The fourth-order valence-electron chi connectivity index (χ4n) is 7.13. The molecule has 0 spiro atoms. The molecule has 4 heterocycles. The Kier molecular flexibility index (Phi) is 13.0. The van der Waals surface area contributed by atoms with Gasteiger partial charge in [0, 0.05) is 79.0 Å². The Hall–Kier alpha value is -6.13. The summed E-state index contributed by atoms with van der Waals surface area (Å²) < 4.78 is 5.32. The number of aryl methyl sites for hydroxylation is 1. The molecule has 6 aromatic rings. The van der Waals surface area contributed by atoms with Gasteiger partial charge in [-0.3, -0.25) is 19.4 Å². The summed E-state index contributed by atoms with van der Waals surface area (Å²) in [6.45, 7) is 8.44. The van der Waals surface area contributed by atoms with Gasteiger partial charge in [0.2, 0.25) is 11.8 Å². The van der Waals surface area contributed by atoms with E-state index in [0.717, 1.165) is 56.4 Å². The lowest BCUT2D eigenvalue weighted by atomic mass is 10.1. The van der Waals surface area contributed by atoms with E-state index in [1.807, 2.05) is 120 Å². The highest BCUT2D eigenvalue weighted by atomic mass is 127. The van der Waals surface area contributed by atoms with Crippen molar-refractivity contribution in [3.8, 4) is 12.1 Å². The zero-order valence-electron chi connectivity index (χ0n) is 32.3. The summed E-state index contributed by atoms with van der Waals surface area (Å²) in [4.78, 5) is 42.4. The Labute approximate surface area is 352 Å². The van der Waals surface area contributed by atoms with Crippen LogP contribution in [0.4, 0.5) is 11.4 Å². The third kappa shape index (κ3) is 10.2. The summed E-state index contributed by atoms with van der Waals surface area (Å²) in [6.07, 6.45) is 7.50. The standard InChI is InChI=1S/C23H23N5O.C22H20IN5O/c1-18-3-2-4-21(13-18)28-12-11-26(17-23(28)29)16-22-25-9-10-27(22)15-20-7-5-19(14-24)6-8-20;23-19-2-1-3-20(12-19)28-11-10-26(16-22(28)29)15-21-25-8-9-27(21)14-18-6-4-17(13-24)5-7-18/h2-10,13H,11-12,15-17H2,1H3;1-9,12H,10-11,14-16H2. The number of benzene rings is 4. The number of nitriles is 2. The number of halogens is 1. The quantitative estimate of drug-likeness (QED) is 0.149. The first-order valence-corrected chi connectivity index (χ1v) is 20.2. The second-order valence-corrected chi connectivity index (χ2v) is 15.6. The second kappa shape index (κ2) is 18.9. The Balaban J connectivity index is 0.000000177. The number of piperazine rings is 2. The van der Waals surface area contributed by atoms with Gasteiger partial charge in [0.25, 0.3) is 0 Å². The van der Waals surface area contributed by atoms with E-state index in [2.05, 4.69) is 69.7 Å². The van der Waals surface area contributed by atoms with Crippen LogP contribution in [0.3, 0.4) is 0 Å². The summed E-state index contributed by atoms with van der Waals surface area (Å²) >= 11 is 2.27. The summed E-state index contributed by atoms with van der Waals surface area (Å²) in [5, 5.41) is 17.9. The molecule has 2 aliphatic rings. The van der Waals surface area contributed by atoms with Crippen LogP contribution in [-0.2, 0) is 35.8 Å². The number of amides is 2. The number of carbonyl (C=O) groups excluding carboxylic acids is 2. The van der Waals surface area contributed by atoms with Crippen LogP contribution < -0.4 is 9.80 Å². The van der Waals surface area contributed by atoms with Crippen LogP contribution in [0.5, 0.6) is 0 Å². The number of hydrogen-bond acceptors (Lipinski definition) is 8. The summed E-state index contributed by atoms with van der Waals surface area (Å²) in [5.41, 5.74) is 6.63. The summed E-state index contributed by atoms with van der Waals surface area (Å²) in [5.74, 6) is 2.10. The van der Waals surface area contributed by atoms with E-state index < -0.39 is 0 Å². The maximum Gasteiger partial charge on any atom is 0.241 e. The normalized spacial score (nSPS) is 14.8. The molecule has 13 heteroatoms. The predicted octanol–water partition coefficient (Wildman–Crippen LogP) is 6.22. The number of imidazole rings is 2. The van der Waals surface area contributed by atoms with Crippen molar-refractivity contribution in [2.75, 3.05) is 49.1 Å². The summed E-state index contributed by atoms with van der Waals surface area (Å²) in [7, 11) is 0. The molecule has 2 aliphatic heterocycles. The molecule has 0 saturated carbocycles. The van der Waals surface area contributed by atoms with E-state index in [0.29, 0.717) is 63.5 Å². The van der Waals surface area contributed by atoms with Crippen molar-refractivity contribution < 1.29 is 9.59 Å². The lowest BCUT2D eigenvalue weighted by Crippen LogP contribution is -2.50. The van der Waals surface area contributed by atoms with Gasteiger partial charge in [-0.05, 0) is 101 Å². The average Bonchev–Trinajstić information content (AvgIpc) is 3.87. The number of rotatable bonds is 10. The van der Waals surface area contributed by atoms with Gasteiger partial charge in [-0.2, -0.15) is 10.5 Å². The molecule has 2 amide bonds. The van der Waals surface area contributed by atoms with Gasteiger partial charge in [0.15, 0.2) is 0 Å². The number of carbonyl (C=O) groups is 2. The third-order valence-corrected chi connectivity index (χ3v) is 10.9. The van der Waals surface area contributed by atoms with E-state index in [1.165, 1.54) is 0 Å². The van der Waals surface area contributed by atoms with Gasteiger partial charge < -0.3 is 18.9 Å². The molecular weight excluding hydrogens is 839 g/mol. The monoisotopic (exact) mass is 882 g/mol. The van der Waals surface area contributed by atoms with Crippen LogP contribution >= 0.6 is 22.6 Å². The molecule has 292 valence electrons. The molecule has 58 heavy (non-hydrogen) atoms. The van der Waals surface area contributed by atoms with E-state index in [4.69, 9.17) is 10.5 Å². The molecule has 2 saturated heterocycles. The largest absolute Gasteiger partial charge is 0.329 e. The molecule has 0 unspecified atom stereocenters. The minimum atomic E-state index is 0.114. The highest BCUT2D eigenvalue weighted by Crippen LogP contribution is 2.22. The first-order chi connectivity index (χ1) is 28.2. The Morgan fingerprint density at radius 1 is 0.603 bits per heavy atom. The molecular formula is C45H43IN10O2. The molecule has 0 radical (unpaired) electrons. The number of aromatic nitrogens is 4. The molecule has 8 rings (SSSR count). The maximum atomic E-state index is 12.7. The van der Waals surface area contributed by atoms with Gasteiger partial charge in [0.05, 0.1) is 49.4 Å².